The Labute approximate surface area is 195 Å². The minimum Gasteiger partial charge on any atom is -0.475 e. The molecule has 9 nitrogen and oxygen atoms in total. The number of piperidine rings is 1. The van der Waals surface area contributed by atoms with Gasteiger partial charge in [-0.15, -0.1) is 0 Å². The quantitative estimate of drug-likeness (QED) is 0.515. The highest BCUT2D eigenvalue weighted by molar-refractivity contribution is 5.74. The summed E-state index contributed by atoms with van der Waals surface area (Å²) in [6, 6.07) is 11.6. The number of anilines is 1. The molecule has 2 amide bonds. The second-order valence-corrected chi connectivity index (χ2v) is 7.85. The minimum atomic E-state index is -5.08. The lowest BCUT2D eigenvalue weighted by Crippen LogP contribution is -2.49. The molecule has 1 saturated heterocycles. The van der Waals surface area contributed by atoms with E-state index in [-0.39, 0.29) is 18.1 Å². The van der Waals surface area contributed by atoms with Crippen LogP contribution in [0.5, 0.6) is 0 Å². The Morgan fingerprint density at radius 1 is 1.18 bits per heavy atom. The van der Waals surface area contributed by atoms with E-state index in [9.17, 15) is 18.0 Å². The van der Waals surface area contributed by atoms with E-state index in [4.69, 9.17) is 15.6 Å². The molecule has 1 fully saturated rings. The van der Waals surface area contributed by atoms with Crippen LogP contribution in [0.25, 0.3) is 0 Å². The van der Waals surface area contributed by atoms with E-state index in [0.717, 1.165) is 48.8 Å². The van der Waals surface area contributed by atoms with Crippen molar-refractivity contribution in [3.05, 3.63) is 53.5 Å². The van der Waals surface area contributed by atoms with E-state index in [1.165, 1.54) is 0 Å². The fourth-order valence-corrected chi connectivity index (χ4v) is 3.37. The zero-order valence-electron chi connectivity index (χ0n) is 19.0. The number of alkyl halides is 3. The number of aryl methyl sites for hydroxylation is 2. The lowest BCUT2D eigenvalue weighted by Gasteiger charge is -2.33. The Morgan fingerprint density at radius 3 is 2.29 bits per heavy atom. The topological polar surface area (TPSA) is 133 Å². The molecule has 1 aliphatic heterocycles. The van der Waals surface area contributed by atoms with Gasteiger partial charge in [0.15, 0.2) is 0 Å². The first-order valence-corrected chi connectivity index (χ1v) is 10.7. The zero-order chi connectivity index (χ0) is 25.3. The van der Waals surface area contributed by atoms with Crippen LogP contribution in [-0.2, 0) is 4.79 Å². The zero-order valence-corrected chi connectivity index (χ0v) is 19.0. The SMILES string of the molecule is Cc1cc(N2CCC(NC(=O)NCC(N)c3ccccc3)CC2)nc(C)n1.O=C(O)C(F)(F)F. The van der Waals surface area contributed by atoms with E-state index >= 15 is 0 Å². The first-order chi connectivity index (χ1) is 16.0. The smallest absolute Gasteiger partial charge is 0.475 e. The predicted molar refractivity (Wildman–Crippen MR) is 120 cm³/mol. The first-order valence-electron chi connectivity index (χ1n) is 10.7. The molecule has 3 rings (SSSR count). The fraction of sp³-hybridized carbons (Fsp3) is 0.455. The minimum absolute atomic E-state index is 0.159. The van der Waals surface area contributed by atoms with Gasteiger partial charge in [0.05, 0.1) is 0 Å². The van der Waals surface area contributed by atoms with Crippen molar-refractivity contribution in [3.8, 4) is 0 Å². The number of rotatable bonds is 5. The van der Waals surface area contributed by atoms with E-state index in [2.05, 4.69) is 25.5 Å². The van der Waals surface area contributed by atoms with E-state index in [0.29, 0.717) is 6.54 Å². The monoisotopic (exact) mass is 482 g/mol. The molecule has 186 valence electrons. The second kappa shape index (κ2) is 12.2. The molecule has 1 aromatic heterocycles. The summed E-state index contributed by atoms with van der Waals surface area (Å²) in [7, 11) is 0. The van der Waals surface area contributed by atoms with Gasteiger partial charge >= 0.3 is 18.2 Å². The van der Waals surface area contributed by atoms with Crippen molar-refractivity contribution in [1.82, 2.24) is 20.6 Å². The van der Waals surface area contributed by atoms with E-state index in [1.54, 1.807) is 0 Å². The van der Waals surface area contributed by atoms with Crippen LogP contribution in [-0.4, -0.2) is 58.9 Å². The maximum absolute atomic E-state index is 12.2. The average molecular weight is 483 g/mol. The molecule has 0 bridgehead atoms. The molecule has 1 unspecified atom stereocenters. The van der Waals surface area contributed by atoms with Crippen molar-refractivity contribution in [2.24, 2.45) is 5.73 Å². The van der Waals surface area contributed by atoms with Gasteiger partial charge in [-0.3, -0.25) is 0 Å². The van der Waals surface area contributed by atoms with Gasteiger partial charge in [-0.25, -0.2) is 19.6 Å². The van der Waals surface area contributed by atoms with Crippen LogP contribution in [0.1, 0.15) is 36.0 Å². The number of aliphatic carboxylic acids is 1. The summed E-state index contributed by atoms with van der Waals surface area (Å²) in [5, 5.41) is 13.1. The number of carboxylic acid groups (broad SMARTS) is 1. The maximum atomic E-state index is 12.2. The van der Waals surface area contributed by atoms with Crippen molar-refractivity contribution in [2.45, 2.75) is 44.9 Å². The number of carbonyl (C=O) groups is 2. The molecule has 1 aliphatic rings. The average Bonchev–Trinajstić information content (AvgIpc) is 2.77. The normalized spacial score (nSPS) is 15.1. The van der Waals surface area contributed by atoms with Crippen LogP contribution >= 0.6 is 0 Å². The largest absolute Gasteiger partial charge is 0.490 e. The number of nitrogens with two attached hydrogens (primary N) is 1. The number of halogens is 3. The molecule has 0 aliphatic carbocycles. The van der Waals surface area contributed by atoms with Gasteiger partial charge in [-0.2, -0.15) is 13.2 Å². The number of carboxylic acids is 1. The molecule has 34 heavy (non-hydrogen) atoms. The maximum Gasteiger partial charge on any atom is 0.490 e. The molecule has 1 aromatic carbocycles. The van der Waals surface area contributed by atoms with Crippen molar-refractivity contribution >= 4 is 17.8 Å². The Bertz CT molecular complexity index is 930. The summed E-state index contributed by atoms with van der Waals surface area (Å²) in [4.78, 5) is 32.2. The number of benzene rings is 1. The number of aromatic nitrogens is 2. The highest BCUT2D eigenvalue weighted by atomic mass is 19.4. The van der Waals surface area contributed by atoms with Crippen molar-refractivity contribution in [3.63, 3.8) is 0 Å². The van der Waals surface area contributed by atoms with Crippen LogP contribution in [0, 0.1) is 13.8 Å². The summed E-state index contributed by atoms with van der Waals surface area (Å²) < 4.78 is 31.7. The lowest BCUT2D eigenvalue weighted by molar-refractivity contribution is -0.192. The number of urea groups is 1. The number of amides is 2. The Morgan fingerprint density at radius 2 is 1.76 bits per heavy atom. The van der Waals surface area contributed by atoms with Gasteiger partial charge < -0.3 is 26.4 Å². The van der Waals surface area contributed by atoms with Crippen LogP contribution in [0.15, 0.2) is 36.4 Å². The fourth-order valence-electron chi connectivity index (χ4n) is 3.37. The van der Waals surface area contributed by atoms with Gasteiger partial charge in [0.2, 0.25) is 0 Å². The van der Waals surface area contributed by atoms with Crippen LogP contribution in [0.3, 0.4) is 0 Å². The summed E-state index contributed by atoms with van der Waals surface area (Å²) in [6.07, 6.45) is -3.31. The Balaban J connectivity index is 0.000000509. The molecule has 2 heterocycles. The molecule has 1 atom stereocenters. The highest BCUT2D eigenvalue weighted by Gasteiger charge is 2.38. The third kappa shape index (κ3) is 8.85. The second-order valence-electron chi connectivity index (χ2n) is 7.85. The molecular weight excluding hydrogens is 453 g/mol. The molecule has 0 radical (unpaired) electrons. The van der Waals surface area contributed by atoms with Crippen molar-refractivity contribution in [1.29, 1.82) is 0 Å². The standard InChI is InChI=1S/C20H28N6O.C2HF3O2/c1-14-12-19(24-15(2)23-14)26-10-8-17(9-11-26)25-20(27)22-13-18(21)16-6-4-3-5-7-16;3-2(4,5)1(6)7/h3-7,12,17-18H,8-11,13,21H2,1-2H3,(H2,22,25,27);(H,6,7). The van der Waals surface area contributed by atoms with Gasteiger partial charge in [0.1, 0.15) is 11.6 Å². The number of carbonyl (C=O) groups excluding carboxylic acids is 1. The van der Waals surface area contributed by atoms with E-state index in [1.807, 2.05) is 50.2 Å². The van der Waals surface area contributed by atoms with Gasteiger partial charge in [0.25, 0.3) is 0 Å². The van der Waals surface area contributed by atoms with Gasteiger partial charge in [-0.1, -0.05) is 30.3 Å². The van der Waals surface area contributed by atoms with E-state index < -0.39 is 12.1 Å². The summed E-state index contributed by atoms with van der Waals surface area (Å²) in [5.41, 5.74) is 8.12. The first kappa shape index (κ1) is 26.8. The molecule has 2 aromatic rings. The van der Waals surface area contributed by atoms with Crippen molar-refractivity contribution in [2.75, 3.05) is 24.5 Å². The molecular formula is C22H29F3N6O3. The molecule has 0 spiro atoms. The summed E-state index contributed by atoms with van der Waals surface area (Å²) in [6.45, 7) is 6.04. The third-order valence-electron chi connectivity index (χ3n) is 5.06. The number of hydrogen-bond acceptors (Lipinski definition) is 6. The van der Waals surface area contributed by atoms with Crippen LogP contribution in [0.2, 0.25) is 0 Å². The lowest BCUT2D eigenvalue weighted by atomic mass is 10.1. The number of hydrogen-bond donors (Lipinski definition) is 4. The van der Waals surface area contributed by atoms with Gasteiger partial charge in [-0.05, 0) is 32.3 Å². The van der Waals surface area contributed by atoms with Crippen LogP contribution < -0.4 is 21.3 Å². The molecule has 12 heteroatoms. The predicted octanol–water partition coefficient (Wildman–Crippen LogP) is 2.69. The highest BCUT2D eigenvalue weighted by Crippen LogP contribution is 2.19. The molecule has 0 saturated carbocycles. The van der Waals surface area contributed by atoms with Crippen LogP contribution in [0.4, 0.5) is 23.8 Å². The Hall–Kier alpha value is -3.41. The molecule has 5 N–H and O–H groups in total. The number of nitrogens with one attached hydrogen (secondary N) is 2. The third-order valence-corrected chi connectivity index (χ3v) is 5.06. The number of nitrogens with zero attached hydrogens (tertiary/aromatic N) is 3. The Kier molecular flexibility index (Phi) is 9.60. The van der Waals surface area contributed by atoms with Gasteiger partial charge in [0, 0.05) is 43.5 Å². The summed E-state index contributed by atoms with van der Waals surface area (Å²) >= 11 is 0. The summed E-state index contributed by atoms with van der Waals surface area (Å²) in [5.74, 6) is -0.997. The van der Waals surface area contributed by atoms with Crippen molar-refractivity contribution < 1.29 is 27.9 Å².